The van der Waals surface area contributed by atoms with Crippen LogP contribution in [0.1, 0.15) is 12.0 Å². The Bertz CT molecular complexity index is 493. The number of methoxy groups -OCH3 is 1. The largest absolute Gasteiger partial charge is 0.469 e. The number of hydrogen-bond donors (Lipinski definition) is 1. The zero-order valence-electron chi connectivity index (χ0n) is 10.5. The normalized spacial score (nSPS) is 11.2. The van der Waals surface area contributed by atoms with Crippen molar-refractivity contribution >= 4 is 15.8 Å². The Kier molecular flexibility index (Phi) is 5.30. The fraction of sp³-hybridized carbons (Fsp3) is 0.417. The van der Waals surface area contributed by atoms with E-state index in [1.165, 1.54) is 13.4 Å². The van der Waals surface area contributed by atoms with Gasteiger partial charge in [0.05, 0.1) is 18.4 Å². The second kappa shape index (κ2) is 6.51. The topological polar surface area (TPSA) is 72.5 Å². The maximum absolute atomic E-state index is 11.2. The molecular weight excluding hydrogens is 254 g/mol. The summed E-state index contributed by atoms with van der Waals surface area (Å²) in [6, 6.07) is 6.66. The summed E-state index contributed by atoms with van der Waals surface area (Å²) >= 11 is 0. The van der Waals surface area contributed by atoms with Crippen molar-refractivity contribution in [3.63, 3.8) is 0 Å². The predicted molar refractivity (Wildman–Crippen MR) is 67.9 cm³/mol. The van der Waals surface area contributed by atoms with Gasteiger partial charge in [-0.25, -0.2) is 8.42 Å². The van der Waals surface area contributed by atoms with Crippen molar-refractivity contribution in [2.75, 3.05) is 19.9 Å². The van der Waals surface area contributed by atoms with Crippen LogP contribution in [0.3, 0.4) is 0 Å². The fourth-order valence-electron chi connectivity index (χ4n) is 1.38. The number of carbonyl (C=O) groups is 1. The van der Waals surface area contributed by atoms with Gasteiger partial charge >= 0.3 is 5.97 Å². The number of sulfone groups is 1. The van der Waals surface area contributed by atoms with Gasteiger partial charge < -0.3 is 10.1 Å². The third-order valence-corrected chi connectivity index (χ3v) is 3.54. The molecule has 0 atom stereocenters. The zero-order chi connectivity index (χ0) is 13.6. The summed E-state index contributed by atoms with van der Waals surface area (Å²) in [4.78, 5) is 11.2. The minimum atomic E-state index is -3.14. The molecule has 0 aliphatic rings. The minimum Gasteiger partial charge on any atom is -0.469 e. The number of benzene rings is 1. The lowest BCUT2D eigenvalue weighted by atomic mass is 10.2. The van der Waals surface area contributed by atoms with Gasteiger partial charge in [-0.15, -0.1) is 0 Å². The average molecular weight is 271 g/mol. The van der Waals surface area contributed by atoms with Crippen molar-refractivity contribution < 1.29 is 17.9 Å². The monoisotopic (exact) mass is 271 g/mol. The van der Waals surface area contributed by atoms with Crippen molar-refractivity contribution in [1.82, 2.24) is 5.32 Å². The van der Waals surface area contributed by atoms with Crippen LogP contribution in [-0.4, -0.2) is 34.3 Å². The second-order valence-electron chi connectivity index (χ2n) is 3.92. The third-order valence-electron chi connectivity index (χ3n) is 2.41. The summed E-state index contributed by atoms with van der Waals surface area (Å²) < 4.78 is 27.0. The molecule has 1 rings (SSSR count). The van der Waals surface area contributed by atoms with Gasteiger partial charge in [0, 0.05) is 19.3 Å². The summed E-state index contributed by atoms with van der Waals surface area (Å²) in [5, 5.41) is 3.07. The number of rotatable bonds is 6. The van der Waals surface area contributed by atoms with Crippen LogP contribution in [0.2, 0.25) is 0 Å². The molecule has 5 nitrogen and oxygen atoms in total. The molecule has 0 saturated heterocycles. The molecule has 0 radical (unpaired) electrons. The fourth-order valence-corrected chi connectivity index (χ4v) is 2.01. The molecule has 0 aliphatic heterocycles. The Morgan fingerprint density at radius 2 is 1.89 bits per heavy atom. The van der Waals surface area contributed by atoms with Crippen molar-refractivity contribution in [2.45, 2.75) is 17.9 Å². The zero-order valence-corrected chi connectivity index (χ0v) is 11.3. The first kappa shape index (κ1) is 14.7. The Balaban J connectivity index is 2.43. The standard InChI is InChI=1S/C12H17NO4S/c1-17-12(14)7-8-13-9-10-3-5-11(6-4-10)18(2,15)16/h3-6,13H,7-9H2,1-2H3. The van der Waals surface area contributed by atoms with Gasteiger partial charge in [0.25, 0.3) is 0 Å². The number of ether oxygens (including phenoxy) is 1. The molecule has 1 aromatic carbocycles. The van der Waals surface area contributed by atoms with Crippen LogP contribution in [0, 0.1) is 0 Å². The van der Waals surface area contributed by atoms with E-state index < -0.39 is 9.84 Å². The highest BCUT2D eigenvalue weighted by atomic mass is 32.2. The van der Waals surface area contributed by atoms with Crippen LogP contribution in [0.25, 0.3) is 0 Å². The lowest BCUT2D eigenvalue weighted by Crippen LogP contribution is -2.18. The van der Waals surface area contributed by atoms with E-state index >= 15 is 0 Å². The first-order valence-corrected chi connectivity index (χ1v) is 7.39. The summed E-state index contributed by atoms with van der Waals surface area (Å²) in [6.45, 7) is 1.11. The van der Waals surface area contributed by atoms with Crippen molar-refractivity contribution in [3.8, 4) is 0 Å². The molecule has 0 aliphatic carbocycles. The van der Waals surface area contributed by atoms with E-state index in [1.807, 2.05) is 0 Å². The van der Waals surface area contributed by atoms with Crippen molar-refractivity contribution in [3.05, 3.63) is 29.8 Å². The molecule has 0 spiro atoms. The van der Waals surface area contributed by atoms with Crippen LogP contribution >= 0.6 is 0 Å². The number of nitrogens with one attached hydrogen (secondary N) is 1. The van der Waals surface area contributed by atoms with Gasteiger partial charge in [-0.2, -0.15) is 0 Å². The maximum Gasteiger partial charge on any atom is 0.306 e. The van der Waals surface area contributed by atoms with Crippen LogP contribution in [-0.2, 0) is 25.9 Å². The molecule has 1 aromatic rings. The number of hydrogen-bond acceptors (Lipinski definition) is 5. The highest BCUT2D eigenvalue weighted by molar-refractivity contribution is 7.90. The Morgan fingerprint density at radius 3 is 2.39 bits per heavy atom. The van der Waals surface area contributed by atoms with Crippen LogP contribution < -0.4 is 5.32 Å². The van der Waals surface area contributed by atoms with Gasteiger partial charge in [-0.1, -0.05) is 12.1 Å². The average Bonchev–Trinajstić information content (AvgIpc) is 2.33. The van der Waals surface area contributed by atoms with Gasteiger partial charge in [-0.05, 0) is 17.7 Å². The molecule has 100 valence electrons. The van der Waals surface area contributed by atoms with Gasteiger partial charge in [0.2, 0.25) is 0 Å². The van der Waals surface area contributed by atoms with E-state index in [0.29, 0.717) is 24.4 Å². The van der Waals surface area contributed by atoms with Gasteiger partial charge in [0.15, 0.2) is 9.84 Å². The van der Waals surface area contributed by atoms with E-state index in [0.717, 1.165) is 5.56 Å². The highest BCUT2D eigenvalue weighted by Gasteiger charge is 2.06. The molecule has 0 heterocycles. The van der Waals surface area contributed by atoms with Crippen LogP contribution in [0.5, 0.6) is 0 Å². The van der Waals surface area contributed by atoms with Gasteiger partial charge in [0.1, 0.15) is 0 Å². The Morgan fingerprint density at radius 1 is 1.28 bits per heavy atom. The van der Waals surface area contributed by atoms with Gasteiger partial charge in [-0.3, -0.25) is 4.79 Å². The van der Waals surface area contributed by atoms with E-state index in [4.69, 9.17) is 0 Å². The lowest BCUT2D eigenvalue weighted by molar-refractivity contribution is -0.140. The molecule has 6 heteroatoms. The first-order valence-electron chi connectivity index (χ1n) is 5.50. The van der Waals surface area contributed by atoms with Crippen molar-refractivity contribution in [2.24, 2.45) is 0 Å². The predicted octanol–water partition coefficient (Wildman–Crippen LogP) is 0.743. The summed E-state index contributed by atoms with van der Waals surface area (Å²) in [5.74, 6) is -0.255. The molecular formula is C12H17NO4S. The van der Waals surface area contributed by atoms with E-state index in [1.54, 1.807) is 24.3 Å². The SMILES string of the molecule is COC(=O)CCNCc1ccc(S(C)(=O)=O)cc1. The molecule has 0 bridgehead atoms. The van der Waals surface area contributed by atoms with Crippen LogP contribution in [0.15, 0.2) is 29.2 Å². The molecule has 0 unspecified atom stereocenters. The third kappa shape index (κ3) is 4.85. The molecule has 1 N–H and O–H groups in total. The van der Waals surface area contributed by atoms with Crippen molar-refractivity contribution in [1.29, 1.82) is 0 Å². The quantitative estimate of drug-likeness (QED) is 0.610. The number of esters is 1. The molecule has 0 amide bonds. The first-order chi connectivity index (χ1) is 8.43. The Hall–Kier alpha value is -1.40. The smallest absolute Gasteiger partial charge is 0.306 e. The lowest BCUT2D eigenvalue weighted by Gasteiger charge is -2.05. The molecule has 18 heavy (non-hydrogen) atoms. The minimum absolute atomic E-state index is 0.255. The second-order valence-corrected chi connectivity index (χ2v) is 5.93. The van der Waals surface area contributed by atoms with E-state index in [9.17, 15) is 13.2 Å². The maximum atomic E-state index is 11.2. The summed E-state index contributed by atoms with van der Waals surface area (Å²) in [6.07, 6.45) is 1.49. The van der Waals surface area contributed by atoms with E-state index in [-0.39, 0.29) is 5.97 Å². The van der Waals surface area contributed by atoms with Crippen LogP contribution in [0.4, 0.5) is 0 Å². The van der Waals surface area contributed by atoms with E-state index in [2.05, 4.69) is 10.1 Å². The molecule has 0 fully saturated rings. The summed E-state index contributed by atoms with van der Waals surface area (Å²) in [7, 11) is -1.79. The highest BCUT2D eigenvalue weighted by Crippen LogP contribution is 2.09. The molecule has 0 aromatic heterocycles. The summed E-state index contributed by atoms with van der Waals surface area (Å²) in [5.41, 5.74) is 0.965. The number of carbonyl (C=O) groups excluding carboxylic acids is 1. The Labute approximate surface area is 107 Å². The molecule has 0 saturated carbocycles.